The van der Waals surface area contributed by atoms with Gasteiger partial charge in [-0.1, -0.05) is 54.1 Å². The molecule has 0 aliphatic heterocycles. The van der Waals surface area contributed by atoms with Crippen molar-refractivity contribution in [1.82, 2.24) is 5.32 Å². The van der Waals surface area contributed by atoms with E-state index in [-0.39, 0.29) is 6.61 Å². The van der Waals surface area contributed by atoms with E-state index in [9.17, 15) is 14.7 Å². The molecule has 0 bridgehead atoms. The summed E-state index contributed by atoms with van der Waals surface area (Å²) in [4.78, 5) is 23.8. The van der Waals surface area contributed by atoms with E-state index in [1.807, 2.05) is 6.07 Å². The van der Waals surface area contributed by atoms with Crippen LogP contribution in [-0.2, 0) is 9.59 Å². The number of aliphatic hydroxyl groups excluding tert-OH is 1. The van der Waals surface area contributed by atoms with Crippen LogP contribution in [0, 0.1) is 0 Å². The Morgan fingerprint density at radius 1 is 1.00 bits per heavy atom. The molecule has 2 aromatic rings. The van der Waals surface area contributed by atoms with Crippen LogP contribution in [0.5, 0.6) is 0 Å². The largest absolute Gasteiger partial charge is 0.394 e. The fourth-order valence-electron chi connectivity index (χ4n) is 1.89. The van der Waals surface area contributed by atoms with Crippen LogP contribution in [0.15, 0.2) is 54.6 Å². The van der Waals surface area contributed by atoms with Crippen LogP contribution in [0.1, 0.15) is 11.6 Å². The van der Waals surface area contributed by atoms with Gasteiger partial charge < -0.3 is 15.7 Å². The molecule has 1 atom stereocenters. The predicted octanol–water partition coefficient (Wildman–Crippen LogP) is 2.13. The van der Waals surface area contributed by atoms with E-state index in [0.717, 1.165) is 0 Å². The molecule has 3 N–H and O–H groups in total. The Hall–Kier alpha value is -2.37. The number of carbonyl (C=O) groups excluding carboxylic acids is 2. The van der Waals surface area contributed by atoms with Gasteiger partial charge in [-0.2, -0.15) is 0 Å². The lowest BCUT2D eigenvalue weighted by molar-refractivity contribution is -0.136. The predicted molar refractivity (Wildman–Crippen MR) is 84.5 cm³/mol. The minimum atomic E-state index is -0.845. The first kappa shape index (κ1) is 16.0. The third-order valence-electron chi connectivity index (χ3n) is 3.02. The summed E-state index contributed by atoms with van der Waals surface area (Å²) in [5.41, 5.74) is 1.06. The molecule has 0 aromatic heterocycles. The molecule has 114 valence electrons. The van der Waals surface area contributed by atoms with E-state index >= 15 is 0 Å². The molecular weight excluding hydrogens is 304 g/mol. The molecule has 22 heavy (non-hydrogen) atoms. The fraction of sp³-hybridized carbons (Fsp3) is 0.125. The molecule has 0 radical (unpaired) electrons. The van der Waals surface area contributed by atoms with Crippen molar-refractivity contribution in [1.29, 1.82) is 0 Å². The molecule has 0 saturated heterocycles. The Balaban J connectivity index is 2.02. The Morgan fingerprint density at radius 2 is 1.64 bits per heavy atom. The van der Waals surface area contributed by atoms with Crippen LogP contribution >= 0.6 is 11.6 Å². The topological polar surface area (TPSA) is 78.4 Å². The Morgan fingerprint density at radius 3 is 2.27 bits per heavy atom. The number of hydrogen-bond acceptors (Lipinski definition) is 3. The van der Waals surface area contributed by atoms with E-state index < -0.39 is 17.9 Å². The zero-order valence-electron chi connectivity index (χ0n) is 11.6. The number of nitrogens with one attached hydrogen (secondary N) is 2. The van der Waals surface area contributed by atoms with Gasteiger partial charge in [0.25, 0.3) is 0 Å². The average molecular weight is 319 g/mol. The van der Waals surface area contributed by atoms with Crippen molar-refractivity contribution >= 4 is 29.1 Å². The number of benzene rings is 2. The molecule has 0 fully saturated rings. The van der Waals surface area contributed by atoms with Crippen LogP contribution in [0.3, 0.4) is 0 Å². The van der Waals surface area contributed by atoms with Crippen molar-refractivity contribution in [2.45, 2.75) is 6.04 Å². The molecule has 2 aromatic carbocycles. The maximum absolute atomic E-state index is 11.9. The molecule has 1 unspecified atom stereocenters. The first-order valence-corrected chi connectivity index (χ1v) is 7.02. The lowest BCUT2D eigenvalue weighted by Gasteiger charge is -2.16. The molecule has 0 saturated carbocycles. The van der Waals surface area contributed by atoms with Gasteiger partial charge in [0.15, 0.2) is 0 Å². The van der Waals surface area contributed by atoms with Gasteiger partial charge in [-0.25, -0.2) is 0 Å². The quantitative estimate of drug-likeness (QED) is 0.756. The van der Waals surface area contributed by atoms with Gasteiger partial charge in [0.1, 0.15) is 0 Å². The molecule has 0 aliphatic carbocycles. The van der Waals surface area contributed by atoms with Crippen molar-refractivity contribution in [2.75, 3.05) is 11.9 Å². The third-order valence-corrected chi connectivity index (χ3v) is 3.35. The highest BCUT2D eigenvalue weighted by atomic mass is 35.5. The standard InChI is InChI=1S/C16H15ClN2O3/c17-12-8-4-5-9-13(12)18-15(21)16(22)19-14(10-20)11-6-2-1-3-7-11/h1-9,14,20H,10H2,(H,18,21)(H,19,22). The van der Waals surface area contributed by atoms with Crippen molar-refractivity contribution in [3.05, 3.63) is 65.2 Å². The van der Waals surface area contributed by atoms with Crippen molar-refractivity contribution < 1.29 is 14.7 Å². The number of para-hydroxylation sites is 1. The number of aliphatic hydroxyl groups is 1. The Kier molecular flexibility index (Phi) is 5.52. The van der Waals surface area contributed by atoms with E-state index in [1.165, 1.54) is 0 Å². The molecule has 0 heterocycles. The molecule has 0 aliphatic rings. The van der Waals surface area contributed by atoms with Gasteiger partial charge in [-0.3, -0.25) is 9.59 Å². The highest BCUT2D eigenvalue weighted by Gasteiger charge is 2.20. The fourth-order valence-corrected chi connectivity index (χ4v) is 2.07. The second kappa shape index (κ2) is 7.59. The zero-order valence-corrected chi connectivity index (χ0v) is 12.4. The molecule has 6 heteroatoms. The van der Waals surface area contributed by atoms with E-state index in [2.05, 4.69) is 10.6 Å². The van der Waals surface area contributed by atoms with Gasteiger partial charge in [0.05, 0.1) is 23.4 Å². The van der Waals surface area contributed by atoms with Crippen molar-refractivity contribution in [3.63, 3.8) is 0 Å². The van der Waals surface area contributed by atoms with E-state index in [4.69, 9.17) is 11.6 Å². The number of hydrogen-bond donors (Lipinski definition) is 3. The van der Waals surface area contributed by atoms with Crippen LogP contribution in [0.25, 0.3) is 0 Å². The van der Waals surface area contributed by atoms with Crippen LogP contribution in [0.2, 0.25) is 5.02 Å². The summed E-state index contributed by atoms with van der Waals surface area (Å²) in [6.45, 7) is -0.310. The smallest absolute Gasteiger partial charge is 0.313 e. The molecule has 2 rings (SSSR count). The third kappa shape index (κ3) is 4.07. The maximum Gasteiger partial charge on any atom is 0.313 e. The summed E-state index contributed by atoms with van der Waals surface area (Å²) in [7, 11) is 0. The maximum atomic E-state index is 11.9. The average Bonchev–Trinajstić information content (AvgIpc) is 2.55. The summed E-state index contributed by atoms with van der Waals surface area (Å²) >= 11 is 5.92. The Bertz CT molecular complexity index is 661. The van der Waals surface area contributed by atoms with Crippen molar-refractivity contribution in [2.24, 2.45) is 0 Å². The number of carbonyl (C=O) groups is 2. The zero-order chi connectivity index (χ0) is 15.9. The summed E-state index contributed by atoms with van der Waals surface area (Å²) < 4.78 is 0. The minimum absolute atomic E-state index is 0.310. The van der Waals surface area contributed by atoms with Crippen LogP contribution < -0.4 is 10.6 Å². The first-order chi connectivity index (χ1) is 10.6. The summed E-state index contributed by atoms with van der Waals surface area (Å²) in [6, 6.07) is 14.9. The molecule has 2 amide bonds. The minimum Gasteiger partial charge on any atom is -0.394 e. The second-order valence-corrected chi connectivity index (χ2v) is 4.96. The number of halogens is 1. The van der Waals surface area contributed by atoms with Crippen LogP contribution in [0.4, 0.5) is 5.69 Å². The van der Waals surface area contributed by atoms with E-state index in [0.29, 0.717) is 16.3 Å². The highest BCUT2D eigenvalue weighted by molar-refractivity contribution is 6.41. The van der Waals surface area contributed by atoms with Crippen LogP contribution in [-0.4, -0.2) is 23.5 Å². The SMILES string of the molecule is O=C(Nc1ccccc1Cl)C(=O)NC(CO)c1ccccc1. The number of anilines is 1. The highest BCUT2D eigenvalue weighted by Crippen LogP contribution is 2.20. The van der Waals surface area contributed by atoms with Gasteiger partial charge in [0, 0.05) is 0 Å². The van der Waals surface area contributed by atoms with Crippen molar-refractivity contribution in [3.8, 4) is 0 Å². The molecule has 5 nitrogen and oxygen atoms in total. The first-order valence-electron chi connectivity index (χ1n) is 6.64. The van der Waals surface area contributed by atoms with Gasteiger partial charge in [-0.15, -0.1) is 0 Å². The molecule has 0 spiro atoms. The lowest BCUT2D eigenvalue weighted by Crippen LogP contribution is -2.39. The van der Waals surface area contributed by atoms with Gasteiger partial charge in [0.2, 0.25) is 0 Å². The normalized spacial score (nSPS) is 11.5. The second-order valence-electron chi connectivity index (χ2n) is 4.55. The lowest BCUT2D eigenvalue weighted by atomic mass is 10.1. The summed E-state index contributed by atoms with van der Waals surface area (Å²) in [6.07, 6.45) is 0. The van der Waals surface area contributed by atoms with Gasteiger partial charge >= 0.3 is 11.8 Å². The molecular formula is C16H15ClN2O3. The summed E-state index contributed by atoms with van der Waals surface area (Å²) in [5.74, 6) is -1.69. The Labute approximate surface area is 132 Å². The van der Waals surface area contributed by atoms with E-state index in [1.54, 1.807) is 48.5 Å². The number of rotatable bonds is 4. The summed E-state index contributed by atoms with van der Waals surface area (Å²) in [5, 5.41) is 14.6. The monoisotopic (exact) mass is 318 g/mol. The number of amides is 2. The van der Waals surface area contributed by atoms with Gasteiger partial charge in [-0.05, 0) is 17.7 Å².